The Morgan fingerprint density at radius 1 is 1.08 bits per heavy atom. The summed E-state index contributed by atoms with van der Waals surface area (Å²) in [7, 11) is -1.50. The van der Waals surface area contributed by atoms with Gasteiger partial charge in [0.15, 0.2) is 21.3 Å². The van der Waals surface area contributed by atoms with Crippen LogP contribution in [0.25, 0.3) is 0 Å². The lowest BCUT2D eigenvalue weighted by Gasteiger charge is -2.12. The first-order valence-corrected chi connectivity index (χ1v) is 9.71. The van der Waals surface area contributed by atoms with Gasteiger partial charge in [0.25, 0.3) is 0 Å². The number of sulfone groups is 1. The molecule has 7 heteroatoms. The summed E-state index contributed by atoms with van der Waals surface area (Å²) in [4.78, 5) is 12.1. The molecule has 0 aromatic heterocycles. The number of benzene rings is 2. The van der Waals surface area contributed by atoms with Crippen LogP contribution >= 0.6 is 0 Å². The Labute approximate surface area is 146 Å². The van der Waals surface area contributed by atoms with E-state index in [1.165, 1.54) is 0 Å². The first-order chi connectivity index (χ1) is 12.0. The zero-order chi connectivity index (χ0) is 17.9. The topological polar surface area (TPSA) is 81.7 Å². The van der Waals surface area contributed by atoms with E-state index in [1.807, 2.05) is 12.1 Å². The van der Waals surface area contributed by atoms with Crippen molar-refractivity contribution in [3.8, 4) is 17.2 Å². The lowest BCUT2D eigenvalue weighted by molar-refractivity contribution is -0.119. The van der Waals surface area contributed by atoms with Crippen LogP contribution in [0.4, 0.5) is 5.69 Å². The summed E-state index contributed by atoms with van der Waals surface area (Å²) < 4.78 is 33.9. The Morgan fingerprint density at radius 3 is 2.36 bits per heavy atom. The summed E-state index contributed by atoms with van der Waals surface area (Å²) in [5.74, 6) is 1.09. The third-order valence-corrected chi connectivity index (χ3v) is 5.79. The van der Waals surface area contributed by atoms with Crippen molar-refractivity contribution < 1.29 is 22.7 Å². The Balaban J connectivity index is 1.63. The normalized spacial score (nSPS) is 18.5. The molecule has 0 saturated carbocycles. The van der Waals surface area contributed by atoms with Gasteiger partial charge in [-0.3, -0.25) is 4.79 Å². The van der Waals surface area contributed by atoms with E-state index in [1.54, 1.807) is 43.5 Å². The molecule has 1 aliphatic heterocycles. The second kappa shape index (κ2) is 7.14. The summed E-state index contributed by atoms with van der Waals surface area (Å²) in [6.45, 7) is 0. The van der Waals surface area contributed by atoms with Crippen molar-refractivity contribution in [2.75, 3.05) is 23.9 Å². The Bertz CT molecular complexity index is 861. The molecule has 0 aliphatic carbocycles. The van der Waals surface area contributed by atoms with Crippen molar-refractivity contribution in [3.05, 3.63) is 48.5 Å². The van der Waals surface area contributed by atoms with Crippen molar-refractivity contribution >= 4 is 21.4 Å². The average molecular weight is 361 g/mol. The van der Waals surface area contributed by atoms with Gasteiger partial charge >= 0.3 is 0 Å². The Kier molecular flexibility index (Phi) is 4.94. The van der Waals surface area contributed by atoms with Gasteiger partial charge < -0.3 is 14.8 Å². The zero-order valence-electron chi connectivity index (χ0n) is 13.8. The van der Waals surface area contributed by atoms with Gasteiger partial charge in [-0.15, -0.1) is 0 Å². The molecule has 1 saturated heterocycles. The number of ether oxygens (including phenoxy) is 2. The van der Waals surface area contributed by atoms with E-state index in [9.17, 15) is 13.2 Å². The molecule has 6 nitrogen and oxygen atoms in total. The maximum Gasteiger partial charge on any atom is 0.228 e. The quantitative estimate of drug-likeness (QED) is 0.885. The van der Waals surface area contributed by atoms with Gasteiger partial charge in [-0.05, 0) is 42.8 Å². The number of methoxy groups -OCH3 is 1. The third-order valence-electron chi connectivity index (χ3n) is 4.02. The number of carbonyl (C=O) groups is 1. The largest absolute Gasteiger partial charge is 0.493 e. The molecule has 1 amide bonds. The van der Waals surface area contributed by atoms with Crippen molar-refractivity contribution in [3.63, 3.8) is 0 Å². The van der Waals surface area contributed by atoms with Crippen LogP contribution < -0.4 is 14.8 Å². The Hall–Kier alpha value is -2.54. The van der Waals surface area contributed by atoms with Gasteiger partial charge in [0.1, 0.15) is 5.75 Å². The standard InChI is InChI=1S/C18H19NO5S/c1-23-16-4-2-3-5-17(16)24-15-8-6-14(7-9-15)19-18(20)13-10-11-25(21,22)12-13/h2-9,13H,10-12H2,1H3,(H,19,20). The van der Waals surface area contributed by atoms with Gasteiger partial charge in [-0.1, -0.05) is 12.1 Å². The van der Waals surface area contributed by atoms with E-state index in [-0.39, 0.29) is 17.4 Å². The third kappa shape index (κ3) is 4.30. The number of anilines is 1. The van der Waals surface area contributed by atoms with Gasteiger partial charge in [-0.25, -0.2) is 8.42 Å². The Morgan fingerprint density at radius 2 is 1.76 bits per heavy atom. The van der Waals surface area contributed by atoms with Crippen LogP contribution in [0.5, 0.6) is 17.2 Å². The minimum absolute atomic E-state index is 0.0756. The highest BCUT2D eigenvalue weighted by Crippen LogP contribution is 2.31. The van der Waals surface area contributed by atoms with E-state index in [4.69, 9.17) is 9.47 Å². The van der Waals surface area contributed by atoms with Crippen LogP contribution in [-0.2, 0) is 14.6 Å². The van der Waals surface area contributed by atoms with E-state index >= 15 is 0 Å². The fourth-order valence-corrected chi connectivity index (χ4v) is 4.42. The highest BCUT2D eigenvalue weighted by molar-refractivity contribution is 7.91. The maximum absolute atomic E-state index is 12.1. The number of hydrogen-bond acceptors (Lipinski definition) is 5. The fraction of sp³-hybridized carbons (Fsp3) is 0.278. The van der Waals surface area contributed by atoms with Crippen molar-refractivity contribution in [2.45, 2.75) is 6.42 Å². The molecule has 0 bridgehead atoms. The summed E-state index contributed by atoms with van der Waals surface area (Å²) in [6, 6.07) is 14.2. The summed E-state index contributed by atoms with van der Waals surface area (Å²) >= 11 is 0. The van der Waals surface area contributed by atoms with Crippen molar-refractivity contribution in [1.29, 1.82) is 0 Å². The zero-order valence-corrected chi connectivity index (χ0v) is 14.6. The van der Waals surface area contributed by atoms with Crippen LogP contribution in [0.3, 0.4) is 0 Å². The molecule has 0 spiro atoms. The number of rotatable bonds is 5. The molecule has 1 unspecified atom stereocenters. The molecule has 1 aliphatic rings. The fourth-order valence-electron chi connectivity index (χ4n) is 2.68. The lowest BCUT2D eigenvalue weighted by atomic mass is 10.1. The minimum Gasteiger partial charge on any atom is -0.493 e. The summed E-state index contributed by atoms with van der Waals surface area (Å²) in [6.07, 6.45) is 0.378. The molecular weight excluding hydrogens is 342 g/mol. The maximum atomic E-state index is 12.1. The number of nitrogens with one attached hydrogen (secondary N) is 1. The molecule has 1 heterocycles. The van der Waals surface area contributed by atoms with E-state index in [0.717, 1.165) is 0 Å². The molecule has 25 heavy (non-hydrogen) atoms. The monoisotopic (exact) mass is 361 g/mol. The van der Waals surface area contributed by atoms with Gasteiger partial charge in [0, 0.05) is 5.69 Å². The van der Waals surface area contributed by atoms with Crippen LogP contribution in [0.15, 0.2) is 48.5 Å². The summed E-state index contributed by atoms with van der Waals surface area (Å²) in [5.41, 5.74) is 0.599. The van der Waals surface area contributed by atoms with Crippen LogP contribution in [0.1, 0.15) is 6.42 Å². The van der Waals surface area contributed by atoms with E-state index < -0.39 is 15.8 Å². The summed E-state index contributed by atoms with van der Waals surface area (Å²) in [5, 5.41) is 2.75. The minimum atomic E-state index is -3.07. The highest BCUT2D eigenvalue weighted by Gasteiger charge is 2.32. The molecule has 3 rings (SSSR count). The molecule has 0 radical (unpaired) electrons. The van der Waals surface area contributed by atoms with Gasteiger partial charge in [0.2, 0.25) is 5.91 Å². The highest BCUT2D eigenvalue weighted by atomic mass is 32.2. The number of amides is 1. The molecule has 132 valence electrons. The molecule has 2 aromatic rings. The SMILES string of the molecule is COc1ccccc1Oc1ccc(NC(=O)C2CCS(=O)(=O)C2)cc1. The van der Waals surface area contributed by atoms with Crippen molar-refractivity contribution in [2.24, 2.45) is 5.92 Å². The first kappa shape index (κ1) is 17.3. The molecule has 1 atom stereocenters. The van der Waals surface area contributed by atoms with E-state index in [2.05, 4.69) is 5.32 Å². The van der Waals surface area contributed by atoms with Gasteiger partial charge in [-0.2, -0.15) is 0 Å². The van der Waals surface area contributed by atoms with E-state index in [0.29, 0.717) is 29.4 Å². The molecule has 2 aromatic carbocycles. The number of para-hydroxylation sites is 2. The molecular formula is C18H19NO5S. The smallest absolute Gasteiger partial charge is 0.228 e. The predicted octanol–water partition coefficient (Wildman–Crippen LogP) is 2.86. The second-order valence-electron chi connectivity index (χ2n) is 5.87. The lowest BCUT2D eigenvalue weighted by Crippen LogP contribution is -2.23. The average Bonchev–Trinajstić information content (AvgIpc) is 2.97. The molecule has 1 fully saturated rings. The first-order valence-electron chi connectivity index (χ1n) is 7.89. The second-order valence-corrected chi connectivity index (χ2v) is 8.10. The number of carbonyl (C=O) groups excluding carboxylic acids is 1. The van der Waals surface area contributed by atoms with Crippen LogP contribution in [0, 0.1) is 5.92 Å². The van der Waals surface area contributed by atoms with Crippen LogP contribution in [-0.4, -0.2) is 32.9 Å². The van der Waals surface area contributed by atoms with Gasteiger partial charge in [0.05, 0.1) is 24.5 Å². The molecule has 1 N–H and O–H groups in total. The van der Waals surface area contributed by atoms with Crippen LogP contribution in [0.2, 0.25) is 0 Å². The van der Waals surface area contributed by atoms with Crippen molar-refractivity contribution in [1.82, 2.24) is 0 Å². The predicted molar refractivity (Wildman–Crippen MR) is 94.9 cm³/mol. The number of hydrogen-bond donors (Lipinski definition) is 1.